The second-order valence-corrected chi connectivity index (χ2v) is 5.40. The summed E-state index contributed by atoms with van der Waals surface area (Å²) in [5, 5.41) is 2.03. The van der Waals surface area contributed by atoms with Crippen LogP contribution in [0.2, 0.25) is 0 Å². The molecule has 0 unspecified atom stereocenters. The molecule has 24 heavy (non-hydrogen) atoms. The van der Waals surface area contributed by atoms with Gasteiger partial charge in [-0.3, -0.25) is 0 Å². The van der Waals surface area contributed by atoms with Gasteiger partial charge in [0.15, 0.2) is 0 Å². The molecule has 0 aliphatic heterocycles. The van der Waals surface area contributed by atoms with E-state index in [-0.39, 0.29) is 0 Å². The van der Waals surface area contributed by atoms with Crippen LogP contribution in [0.15, 0.2) is 67.2 Å². The fourth-order valence-electron chi connectivity index (χ4n) is 2.82. The van der Waals surface area contributed by atoms with Gasteiger partial charge in [0.1, 0.15) is 5.75 Å². The maximum absolute atomic E-state index is 11.8. The lowest BCUT2D eigenvalue weighted by Crippen LogP contribution is -2.03. The molecule has 0 aliphatic rings. The van der Waals surface area contributed by atoms with Crippen molar-refractivity contribution in [3.05, 3.63) is 72.8 Å². The molecule has 0 heterocycles. The third kappa shape index (κ3) is 2.76. The van der Waals surface area contributed by atoms with Crippen LogP contribution in [0.1, 0.15) is 5.56 Å². The minimum absolute atomic E-state index is 0.356. The molecule has 0 spiro atoms. The molecular weight excluding hydrogens is 300 g/mol. The molecule has 3 aromatic carbocycles. The van der Waals surface area contributed by atoms with Gasteiger partial charge in [0.2, 0.25) is 0 Å². The Balaban J connectivity index is 2.18. The molecule has 0 aliphatic carbocycles. The van der Waals surface area contributed by atoms with E-state index in [1.165, 1.54) is 7.11 Å². The van der Waals surface area contributed by atoms with E-state index in [2.05, 4.69) is 6.58 Å². The van der Waals surface area contributed by atoms with Gasteiger partial charge in [-0.25, -0.2) is 4.79 Å². The fourth-order valence-corrected chi connectivity index (χ4v) is 2.82. The van der Waals surface area contributed by atoms with E-state index >= 15 is 0 Å². The van der Waals surface area contributed by atoms with Crippen LogP contribution < -0.4 is 4.74 Å². The molecule has 0 bridgehead atoms. The number of carbonyl (C=O) groups is 1. The zero-order chi connectivity index (χ0) is 17.1. The zero-order valence-electron chi connectivity index (χ0n) is 13.7. The summed E-state index contributed by atoms with van der Waals surface area (Å²) in [6, 6.07) is 19.8. The highest BCUT2D eigenvalue weighted by Gasteiger charge is 2.14. The van der Waals surface area contributed by atoms with Crippen LogP contribution >= 0.6 is 0 Å². The molecule has 0 saturated carbocycles. The largest absolute Gasteiger partial charge is 0.497 e. The van der Waals surface area contributed by atoms with Crippen molar-refractivity contribution < 1.29 is 14.3 Å². The van der Waals surface area contributed by atoms with E-state index in [0.29, 0.717) is 5.57 Å². The van der Waals surface area contributed by atoms with E-state index in [4.69, 9.17) is 9.47 Å². The van der Waals surface area contributed by atoms with E-state index in [0.717, 1.165) is 33.2 Å². The highest BCUT2D eigenvalue weighted by molar-refractivity contribution is 6.20. The van der Waals surface area contributed by atoms with Crippen molar-refractivity contribution >= 4 is 22.3 Å². The van der Waals surface area contributed by atoms with Crippen LogP contribution in [0.5, 0.6) is 5.75 Å². The number of hydrogen-bond acceptors (Lipinski definition) is 3. The average molecular weight is 318 g/mol. The van der Waals surface area contributed by atoms with Gasteiger partial charge in [-0.2, -0.15) is 0 Å². The smallest absolute Gasteiger partial charge is 0.337 e. The van der Waals surface area contributed by atoms with Gasteiger partial charge in [0, 0.05) is 0 Å². The third-order valence-corrected chi connectivity index (χ3v) is 4.08. The van der Waals surface area contributed by atoms with Crippen molar-refractivity contribution in [3.8, 4) is 16.9 Å². The van der Waals surface area contributed by atoms with Gasteiger partial charge in [-0.1, -0.05) is 55.1 Å². The number of fused-ring (bicyclic) bond motifs is 1. The molecule has 0 fully saturated rings. The Morgan fingerprint density at radius 3 is 2.17 bits per heavy atom. The second-order valence-electron chi connectivity index (χ2n) is 5.40. The summed E-state index contributed by atoms with van der Waals surface area (Å²) in [6.07, 6.45) is 0. The van der Waals surface area contributed by atoms with Crippen molar-refractivity contribution in [3.63, 3.8) is 0 Å². The Labute approximate surface area is 141 Å². The second kappa shape index (κ2) is 6.59. The average Bonchev–Trinajstić information content (AvgIpc) is 2.66. The Hall–Kier alpha value is -3.07. The third-order valence-electron chi connectivity index (χ3n) is 4.08. The minimum atomic E-state index is -0.419. The molecular formula is C21H18O3. The number of carbonyl (C=O) groups excluding carboxylic acids is 1. The van der Waals surface area contributed by atoms with Crippen LogP contribution in [-0.2, 0) is 9.53 Å². The normalized spacial score (nSPS) is 10.4. The maximum Gasteiger partial charge on any atom is 0.337 e. The molecule has 3 nitrogen and oxygen atoms in total. The van der Waals surface area contributed by atoms with Crippen molar-refractivity contribution in [1.82, 2.24) is 0 Å². The number of rotatable bonds is 4. The van der Waals surface area contributed by atoms with Gasteiger partial charge in [0.25, 0.3) is 0 Å². The Bertz CT molecular complexity index is 908. The standard InChI is InChI=1S/C21H18O3/c1-14(21(22)24-3)17-12-13-18(20-7-5-4-6-19(17)20)15-8-10-16(23-2)11-9-15/h4-13H,1H2,2-3H3. The molecule has 0 amide bonds. The first-order chi connectivity index (χ1) is 11.7. The molecule has 3 rings (SSSR count). The monoisotopic (exact) mass is 318 g/mol. The van der Waals surface area contributed by atoms with E-state index in [1.54, 1.807) is 7.11 Å². The van der Waals surface area contributed by atoms with Crippen LogP contribution in [0.25, 0.3) is 27.5 Å². The summed E-state index contributed by atoms with van der Waals surface area (Å²) in [5.74, 6) is 0.399. The quantitative estimate of drug-likeness (QED) is 0.516. The van der Waals surface area contributed by atoms with Gasteiger partial charge >= 0.3 is 5.97 Å². The highest BCUT2D eigenvalue weighted by Crippen LogP contribution is 2.34. The summed E-state index contributed by atoms with van der Waals surface area (Å²) in [6.45, 7) is 3.88. The lowest BCUT2D eigenvalue weighted by Gasteiger charge is -2.13. The molecule has 0 atom stereocenters. The van der Waals surface area contributed by atoms with E-state index < -0.39 is 5.97 Å². The van der Waals surface area contributed by atoms with Crippen LogP contribution in [-0.4, -0.2) is 20.2 Å². The lowest BCUT2D eigenvalue weighted by molar-refractivity contribution is -0.133. The highest BCUT2D eigenvalue weighted by atomic mass is 16.5. The van der Waals surface area contributed by atoms with Crippen molar-refractivity contribution in [2.45, 2.75) is 0 Å². The fraction of sp³-hybridized carbons (Fsp3) is 0.0952. The van der Waals surface area contributed by atoms with E-state index in [1.807, 2.05) is 60.7 Å². The van der Waals surface area contributed by atoms with Crippen LogP contribution in [0, 0.1) is 0 Å². The summed E-state index contributed by atoms with van der Waals surface area (Å²) in [5.41, 5.74) is 3.32. The summed E-state index contributed by atoms with van der Waals surface area (Å²) in [4.78, 5) is 11.8. The number of ether oxygens (including phenoxy) is 2. The van der Waals surface area contributed by atoms with Crippen LogP contribution in [0.3, 0.4) is 0 Å². The van der Waals surface area contributed by atoms with Crippen molar-refractivity contribution in [2.24, 2.45) is 0 Å². The van der Waals surface area contributed by atoms with Gasteiger partial charge in [-0.05, 0) is 39.6 Å². The van der Waals surface area contributed by atoms with Gasteiger partial charge in [-0.15, -0.1) is 0 Å². The number of methoxy groups -OCH3 is 2. The zero-order valence-corrected chi connectivity index (χ0v) is 13.7. The number of hydrogen-bond donors (Lipinski definition) is 0. The molecule has 0 saturated heterocycles. The lowest BCUT2D eigenvalue weighted by atomic mass is 9.92. The summed E-state index contributed by atoms with van der Waals surface area (Å²) >= 11 is 0. The predicted molar refractivity (Wildman–Crippen MR) is 97.0 cm³/mol. The van der Waals surface area contributed by atoms with Gasteiger partial charge in [0.05, 0.1) is 19.8 Å². The Kier molecular flexibility index (Phi) is 4.34. The first kappa shape index (κ1) is 15.8. The summed E-state index contributed by atoms with van der Waals surface area (Å²) < 4.78 is 10.0. The van der Waals surface area contributed by atoms with Crippen molar-refractivity contribution in [1.29, 1.82) is 0 Å². The first-order valence-electron chi connectivity index (χ1n) is 7.59. The molecule has 120 valence electrons. The molecule has 0 radical (unpaired) electrons. The molecule has 0 aromatic heterocycles. The topological polar surface area (TPSA) is 35.5 Å². The van der Waals surface area contributed by atoms with E-state index in [9.17, 15) is 4.79 Å². The summed E-state index contributed by atoms with van der Waals surface area (Å²) in [7, 11) is 3.01. The predicted octanol–water partition coefficient (Wildman–Crippen LogP) is 4.70. The van der Waals surface area contributed by atoms with Gasteiger partial charge < -0.3 is 9.47 Å². The maximum atomic E-state index is 11.8. The Morgan fingerprint density at radius 2 is 1.54 bits per heavy atom. The molecule has 0 N–H and O–H groups in total. The Morgan fingerprint density at radius 1 is 0.875 bits per heavy atom. The SMILES string of the molecule is C=C(C(=O)OC)c1ccc(-c2ccc(OC)cc2)c2ccccc12. The molecule has 3 heteroatoms. The minimum Gasteiger partial charge on any atom is -0.497 e. The van der Waals surface area contributed by atoms with Crippen molar-refractivity contribution in [2.75, 3.05) is 14.2 Å². The number of benzene rings is 3. The first-order valence-corrected chi connectivity index (χ1v) is 7.59. The molecule has 3 aromatic rings. The number of esters is 1. The van der Waals surface area contributed by atoms with Crippen LogP contribution in [0.4, 0.5) is 0 Å².